The van der Waals surface area contributed by atoms with Crippen LogP contribution in [-0.4, -0.2) is 47.6 Å². The van der Waals surface area contributed by atoms with Crippen LogP contribution in [0.3, 0.4) is 0 Å². The maximum Gasteiger partial charge on any atom is 0.272 e. The molecule has 0 aromatic heterocycles. The van der Waals surface area contributed by atoms with Crippen LogP contribution in [0.15, 0.2) is 42.5 Å². The number of piperidine rings is 1. The average Bonchev–Trinajstić information content (AvgIpc) is 2.89. The molecule has 1 saturated carbocycles. The standard InChI is InChI=1S/C29H39N3O4/c1-3-4-22-5-7-23(8-6-22)24-15-17-31(18-16-24)29(33)20-36-27-12-9-25(10-13-27)30-26-11-14-28(32(34)35)21(2)19-26/h5-8,11,14,19,24-25,27,30H,3-4,9-10,12-13,15-18,20H2,1-2H3. The molecular formula is C29H39N3O4. The van der Waals surface area contributed by atoms with Crippen molar-refractivity contribution in [2.24, 2.45) is 0 Å². The van der Waals surface area contributed by atoms with Crippen LogP contribution in [0.1, 0.15) is 74.5 Å². The molecule has 1 N–H and O–H groups in total. The first-order valence-corrected chi connectivity index (χ1v) is 13.4. The lowest BCUT2D eigenvalue weighted by Gasteiger charge is -2.33. The van der Waals surface area contributed by atoms with Gasteiger partial charge >= 0.3 is 0 Å². The minimum absolute atomic E-state index is 0.105. The van der Waals surface area contributed by atoms with Crippen LogP contribution >= 0.6 is 0 Å². The van der Waals surface area contributed by atoms with Crippen LogP contribution < -0.4 is 5.32 Å². The number of hydrogen-bond donors (Lipinski definition) is 1. The number of anilines is 1. The largest absolute Gasteiger partial charge is 0.382 e. The molecule has 0 spiro atoms. The fourth-order valence-corrected chi connectivity index (χ4v) is 5.55. The van der Waals surface area contributed by atoms with Gasteiger partial charge in [-0.25, -0.2) is 0 Å². The van der Waals surface area contributed by atoms with Gasteiger partial charge in [0, 0.05) is 36.4 Å². The summed E-state index contributed by atoms with van der Waals surface area (Å²) in [5, 5.41) is 14.5. The quantitative estimate of drug-likeness (QED) is 0.342. The van der Waals surface area contributed by atoms with Gasteiger partial charge in [0.1, 0.15) is 6.61 Å². The highest BCUT2D eigenvalue weighted by atomic mass is 16.6. The number of carbonyl (C=O) groups is 1. The van der Waals surface area contributed by atoms with Crippen LogP contribution in [0.2, 0.25) is 0 Å². The number of nitrogens with one attached hydrogen (secondary N) is 1. The predicted octanol–water partition coefficient (Wildman–Crippen LogP) is 6.00. The molecule has 1 saturated heterocycles. The summed E-state index contributed by atoms with van der Waals surface area (Å²) < 4.78 is 6.01. The van der Waals surface area contributed by atoms with Gasteiger partial charge in [-0.1, -0.05) is 37.6 Å². The molecule has 0 bridgehead atoms. The van der Waals surface area contributed by atoms with Crippen molar-refractivity contribution in [2.75, 3.05) is 25.0 Å². The van der Waals surface area contributed by atoms with Gasteiger partial charge in [-0.15, -0.1) is 0 Å². The zero-order valence-corrected chi connectivity index (χ0v) is 21.6. The first-order valence-electron chi connectivity index (χ1n) is 13.4. The van der Waals surface area contributed by atoms with E-state index in [1.807, 2.05) is 11.0 Å². The Bertz CT molecular complexity index is 1020. The number of benzene rings is 2. The van der Waals surface area contributed by atoms with E-state index in [-0.39, 0.29) is 29.2 Å². The SMILES string of the molecule is CCCc1ccc(C2CCN(C(=O)COC3CCC(Nc4ccc([N+](=O)[O-])c(C)c4)CC3)CC2)cc1. The summed E-state index contributed by atoms with van der Waals surface area (Å²) in [5.41, 5.74) is 4.52. The van der Waals surface area contributed by atoms with Gasteiger partial charge in [-0.2, -0.15) is 0 Å². The number of carbonyl (C=O) groups excluding carboxylic acids is 1. The van der Waals surface area contributed by atoms with Crippen molar-refractivity contribution >= 4 is 17.3 Å². The van der Waals surface area contributed by atoms with Gasteiger partial charge in [0.25, 0.3) is 5.69 Å². The van der Waals surface area contributed by atoms with E-state index < -0.39 is 0 Å². The average molecular weight is 494 g/mol. The highest BCUT2D eigenvalue weighted by Gasteiger charge is 2.26. The van der Waals surface area contributed by atoms with Crippen LogP contribution in [-0.2, 0) is 16.0 Å². The molecule has 1 aliphatic heterocycles. The maximum atomic E-state index is 12.8. The van der Waals surface area contributed by atoms with E-state index in [0.717, 1.165) is 63.7 Å². The summed E-state index contributed by atoms with van der Waals surface area (Å²) in [4.78, 5) is 25.4. The second-order valence-corrected chi connectivity index (χ2v) is 10.3. The van der Waals surface area contributed by atoms with Crippen LogP contribution in [0.25, 0.3) is 0 Å². The third kappa shape index (κ3) is 6.84. The van der Waals surface area contributed by atoms with E-state index in [1.54, 1.807) is 19.1 Å². The van der Waals surface area contributed by atoms with Crippen molar-refractivity contribution in [1.29, 1.82) is 0 Å². The lowest BCUT2D eigenvalue weighted by Crippen LogP contribution is -2.41. The number of nitro groups is 1. The summed E-state index contributed by atoms with van der Waals surface area (Å²) in [6.45, 7) is 5.74. The summed E-state index contributed by atoms with van der Waals surface area (Å²) in [5.74, 6) is 0.640. The molecule has 0 unspecified atom stereocenters. The van der Waals surface area contributed by atoms with Crippen LogP contribution in [0.5, 0.6) is 0 Å². The zero-order valence-electron chi connectivity index (χ0n) is 21.6. The molecule has 194 valence electrons. The number of aryl methyl sites for hydroxylation is 2. The van der Waals surface area contributed by atoms with Crippen molar-refractivity contribution in [2.45, 2.75) is 83.3 Å². The van der Waals surface area contributed by atoms with Gasteiger partial charge in [-0.05, 0) is 81.0 Å². The van der Waals surface area contributed by atoms with Crippen molar-refractivity contribution in [3.05, 3.63) is 69.3 Å². The van der Waals surface area contributed by atoms with Gasteiger partial charge in [0.2, 0.25) is 5.91 Å². The molecule has 2 aliphatic rings. The Morgan fingerprint density at radius 1 is 1.06 bits per heavy atom. The molecule has 0 radical (unpaired) electrons. The molecule has 7 nitrogen and oxygen atoms in total. The second kappa shape index (κ2) is 12.3. The van der Waals surface area contributed by atoms with E-state index in [9.17, 15) is 14.9 Å². The number of amides is 1. The monoisotopic (exact) mass is 493 g/mol. The van der Waals surface area contributed by atoms with Gasteiger partial charge in [0.05, 0.1) is 11.0 Å². The summed E-state index contributed by atoms with van der Waals surface area (Å²) in [6.07, 6.45) is 8.17. The summed E-state index contributed by atoms with van der Waals surface area (Å²) >= 11 is 0. The van der Waals surface area contributed by atoms with E-state index in [2.05, 4.69) is 36.5 Å². The maximum absolute atomic E-state index is 12.8. The number of nitrogens with zero attached hydrogens (tertiary/aromatic N) is 2. The highest BCUT2D eigenvalue weighted by molar-refractivity contribution is 5.77. The van der Waals surface area contributed by atoms with E-state index in [4.69, 9.17) is 4.74 Å². The molecule has 7 heteroatoms. The smallest absolute Gasteiger partial charge is 0.272 e. The molecule has 1 aliphatic carbocycles. The molecule has 2 fully saturated rings. The van der Waals surface area contributed by atoms with Gasteiger partial charge in [-0.3, -0.25) is 14.9 Å². The number of nitro benzene ring substituents is 1. The normalized spacial score (nSPS) is 20.8. The Balaban J connectivity index is 1.15. The number of rotatable bonds is 9. The first kappa shape index (κ1) is 26.1. The number of ether oxygens (including phenoxy) is 1. The third-order valence-electron chi connectivity index (χ3n) is 7.72. The van der Waals surface area contributed by atoms with Crippen LogP contribution in [0.4, 0.5) is 11.4 Å². The minimum Gasteiger partial charge on any atom is -0.382 e. The van der Waals surface area contributed by atoms with Crippen molar-refractivity contribution in [1.82, 2.24) is 4.90 Å². The number of hydrogen-bond acceptors (Lipinski definition) is 5. The molecule has 1 heterocycles. The molecular weight excluding hydrogens is 454 g/mol. The molecule has 2 aromatic carbocycles. The zero-order chi connectivity index (χ0) is 25.5. The van der Waals surface area contributed by atoms with Crippen LogP contribution in [0, 0.1) is 17.0 Å². The van der Waals surface area contributed by atoms with Crippen molar-refractivity contribution in [3.63, 3.8) is 0 Å². The minimum atomic E-state index is -0.350. The Labute approximate surface area is 214 Å². The Morgan fingerprint density at radius 3 is 2.36 bits per heavy atom. The molecule has 2 aromatic rings. The third-order valence-corrected chi connectivity index (χ3v) is 7.72. The fourth-order valence-electron chi connectivity index (χ4n) is 5.55. The summed E-state index contributed by atoms with van der Waals surface area (Å²) in [6, 6.07) is 14.5. The predicted molar refractivity (Wildman–Crippen MR) is 142 cm³/mol. The number of likely N-dealkylation sites (tertiary alicyclic amines) is 1. The van der Waals surface area contributed by atoms with Gasteiger partial charge < -0.3 is 15.0 Å². The fraction of sp³-hybridized carbons (Fsp3) is 0.552. The topological polar surface area (TPSA) is 84.7 Å². The van der Waals surface area contributed by atoms with Crippen molar-refractivity contribution < 1.29 is 14.5 Å². The van der Waals surface area contributed by atoms with E-state index >= 15 is 0 Å². The Kier molecular flexibility index (Phi) is 8.97. The molecule has 36 heavy (non-hydrogen) atoms. The van der Waals surface area contributed by atoms with Gasteiger partial charge in [0.15, 0.2) is 0 Å². The highest BCUT2D eigenvalue weighted by Crippen LogP contribution is 2.29. The Morgan fingerprint density at radius 2 is 1.75 bits per heavy atom. The second-order valence-electron chi connectivity index (χ2n) is 10.3. The molecule has 0 atom stereocenters. The molecule has 1 amide bonds. The lowest BCUT2D eigenvalue weighted by atomic mass is 9.88. The lowest BCUT2D eigenvalue weighted by molar-refractivity contribution is -0.385. The Hall–Kier alpha value is -2.93. The van der Waals surface area contributed by atoms with Crippen molar-refractivity contribution in [3.8, 4) is 0 Å². The van der Waals surface area contributed by atoms with E-state index in [1.165, 1.54) is 17.5 Å². The first-order chi connectivity index (χ1) is 17.4. The van der Waals surface area contributed by atoms with E-state index in [0.29, 0.717) is 17.5 Å². The summed E-state index contributed by atoms with van der Waals surface area (Å²) in [7, 11) is 0. The molecule has 4 rings (SSSR count).